The fourth-order valence-electron chi connectivity index (χ4n) is 2.78. The Labute approximate surface area is 162 Å². The third-order valence-corrected chi connectivity index (χ3v) is 6.30. The lowest BCUT2D eigenvalue weighted by molar-refractivity contribution is 0.521. The molecule has 0 amide bonds. The Hall–Kier alpha value is -2.22. The first kappa shape index (κ1) is 19.5. The number of halogens is 2. The zero-order chi connectivity index (χ0) is 19.8. The van der Waals surface area contributed by atoms with Crippen molar-refractivity contribution in [3.05, 3.63) is 59.7 Å². The molecule has 0 saturated heterocycles. The van der Waals surface area contributed by atoms with E-state index in [-0.39, 0.29) is 15.7 Å². The maximum Gasteiger partial charge on any atom is 0.242 e. The molecule has 0 saturated carbocycles. The molecule has 0 bridgehead atoms. The minimum absolute atomic E-state index is 0.154. The normalized spacial score (nSPS) is 12.9. The summed E-state index contributed by atoms with van der Waals surface area (Å²) in [5.74, 6) is 0.0750. The van der Waals surface area contributed by atoms with Crippen molar-refractivity contribution in [2.24, 2.45) is 0 Å². The highest BCUT2D eigenvalue weighted by atomic mass is 35.5. The second-order valence-corrected chi connectivity index (χ2v) is 8.69. The number of fused-ring (bicyclic) bond motifs is 1. The predicted octanol–water partition coefficient (Wildman–Crippen LogP) is 4.18. The molecule has 0 aliphatic carbocycles. The van der Waals surface area contributed by atoms with Crippen molar-refractivity contribution in [2.75, 3.05) is 14.1 Å². The zero-order valence-corrected chi connectivity index (χ0v) is 16.7. The Morgan fingerprint density at radius 2 is 1.96 bits per heavy atom. The van der Waals surface area contributed by atoms with E-state index in [2.05, 4.69) is 4.98 Å². The summed E-state index contributed by atoms with van der Waals surface area (Å²) in [4.78, 5) is 4.65. The number of benzene rings is 2. The fraction of sp³-hybridized carbons (Fsp3) is 0.211. The van der Waals surface area contributed by atoms with Gasteiger partial charge in [0, 0.05) is 26.2 Å². The predicted molar refractivity (Wildman–Crippen MR) is 106 cm³/mol. The molecular weight excluding hydrogens is 389 g/mol. The molecule has 0 fully saturated rings. The van der Waals surface area contributed by atoms with Gasteiger partial charge in [-0.1, -0.05) is 29.8 Å². The van der Waals surface area contributed by atoms with Crippen molar-refractivity contribution in [1.29, 1.82) is 0 Å². The van der Waals surface area contributed by atoms with Gasteiger partial charge in [0.25, 0.3) is 0 Å². The van der Waals surface area contributed by atoms with Gasteiger partial charge in [0.2, 0.25) is 10.0 Å². The summed E-state index contributed by atoms with van der Waals surface area (Å²) in [7, 11) is -0.615. The van der Waals surface area contributed by atoms with E-state index < -0.39 is 10.0 Å². The molecule has 27 heavy (non-hydrogen) atoms. The summed E-state index contributed by atoms with van der Waals surface area (Å²) in [6.45, 7) is 2.51. The van der Waals surface area contributed by atoms with Crippen LogP contribution in [0.15, 0.2) is 47.4 Å². The van der Waals surface area contributed by atoms with Crippen molar-refractivity contribution >= 4 is 43.8 Å². The Morgan fingerprint density at radius 3 is 2.59 bits per heavy atom. The van der Waals surface area contributed by atoms with E-state index in [0.29, 0.717) is 23.4 Å². The summed E-state index contributed by atoms with van der Waals surface area (Å²) in [6.07, 6.45) is 1.52. The van der Waals surface area contributed by atoms with Crippen LogP contribution >= 0.6 is 11.6 Å². The molecule has 2 aromatic carbocycles. The van der Waals surface area contributed by atoms with Crippen LogP contribution in [0.4, 0.5) is 4.39 Å². The lowest BCUT2D eigenvalue weighted by Crippen LogP contribution is -2.22. The van der Waals surface area contributed by atoms with Crippen molar-refractivity contribution in [1.82, 2.24) is 13.9 Å². The second-order valence-electron chi connectivity index (χ2n) is 6.13. The lowest BCUT2D eigenvalue weighted by atomic mass is 10.2. The van der Waals surface area contributed by atoms with Gasteiger partial charge in [-0.3, -0.25) is 0 Å². The minimum atomic E-state index is -3.57. The van der Waals surface area contributed by atoms with Gasteiger partial charge in [-0.25, -0.2) is 22.1 Å². The number of nitrogens with zero attached hydrogens (tertiary/aromatic N) is 3. The summed E-state index contributed by atoms with van der Waals surface area (Å²) >= 11 is 6.43. The molecule has 1 aromatic heterocycles. The average Bonchev–Trinajstić information content (AvgIpc) is 3.01. The molecule has 1 heterocycles. The first-order chi connectivity index (χ1) is 12.8. The van der Waals surface area contributed by atoms with Crippen LogP contribution in [0.25, 0.3) is 22.1 Å². The monoisotopic (exact) mass is 407 g/mol. The number of hydrogen-bond donors (Lipinski definition) is 0. The van der Waals surface area contributed by atoms with Gasteiger partial charge in [-0.15, -0.1) is 0 Å². The fourth-order valence-corrected chi connectivity index (χ4v) is 3.96. The van der Waals surface area contributed by atoms with Gasteiger partial charge >= 0.3 is 0 Å². The number of aryl methyl sites for hydroxylation is 1. The highest BCUT2D eigenvalue weighted by Crippen LogP contribution is 2.28. The van der Waals surface area contributed by atoms with E-state index in [9.17, 15) is 12.8 Å². The first-order valence-electron chi connectivity index (χ1n) is 8.30. The molecule has 8 heteroatoms. The lowest BCUT2D eigenvalue weighted by Gasteiger charge is -2.11. The van der Waals surface area contributed by atoms with Gasteiger partial charge in [0.15, 0.2) is 5.82 Å². The SMILES string of the molecule is CCn1c(C(Cl)=Cc2ccccc2F)nc2cc(S(=O)(=O)N(C)C)ccc21. The summed E-state index contributed by atoms with van der Waals surface area (Å²) in [5.41, 5.74) is 1.62. The third kappa shape index (κ3) is 3.63. The smallest absolute Gasteiger partial charge is 0.242 e. The van der Waals surface area contributed by atoms with Gasteiger partial charge in [-0.05, 0) is 37.3 Å². The van der Waals surface area contributed by atoms with Crippen LogP contribution in [0.5, 0.6) is 0 Å². The zero-order valence-electron chi connectivity index (χ0n) is 15.1. The standard InChI is InChI=1S/C19H19ClFN3O2S/c1-4-24-18-10-9-14(27(25,26)23(2)3)12-17(18)22-19(24)15(20)11-13-7-5-6-8-16(13)21/h5-12H,4H2,1-3H3. The Kier molecular flexibility index (Phi) is 5.37. The molecule has 0 unspecified atom stereocenters. The number of hydrogen-bond acceptors (Lipinski definition) is 3. The molecule has 0 atom stereocenters. The van der Waals surface area contributed by atoms with Crippen LogP contribution in [0.2, 0.25) is 0 Å². The molecule has 0 spiro atoms. The van der Waals surface area contributed by atoms with Crippen LogP contribution in [-0.4, -0.2) is 36.4 Å². The van der Waals surface area contributed by atoms with Crippen LogP contribution in [-0.2, 0) is 16.6 Å². The van der Waals surface area contributed by atoms with Gasteiger partial charge in [0.1, 0.15) is 5.82 Å². The van der Waals surface area contributed by atoms with Crippen molar-refractivity contribution in [3.63, 3.8) is 0 Å². The third-order valence-electron chi connectivity index (χ3n) is 4.22. The number of rotatable bonds is 5. The van der Waals surface area contributed by atoms with E-state index in [1.54, 1.807) is 30.3 Å². The molecule has 0 aliphatic rings. The molecule has 0 N–H and O–H groups in total. The van der Waals surface area contributed by atoms with Gasteiger partial charge in [0.05, 0.1) is 21.0 Å². The van der Waals surface area contributed by atoms with Crippen LogP contribution < -0.4 is 0 Å². The molecular formula is C19H19ClFN3O2S. The molecule has 5 nitrogen and oxygen atoms in total. The second kappa shape index (κ2) is 7.42. The van der Waals surface area contributed by atoms with Crippen LogP contribution in [0.1, 0.15) is 18.3 Å². The largest absolute Gasteiger partial charge is 0.324 e. The number of aromatic nitrogens is 2. The van der Waals surface area contributed by atoms with E-state index in [1.807, 2.05) is 11.5 Å². The maximum absolute atomic E-state index is 13.9. The number of sulfonamides is 1. The number of imidazole rings is 1. The Morgan fingerprint density at radius 1 is 1.26 bits per heavy atom. The molecule has 0 radical (unpaired) electrons. The highest BCUT2D eigenvalue weighted by molar-refractivity contribution is 7.89. The Balaban J connectivity index is 2.15. The van der Waals surface area contributed by atoms with Crippen molar-refractivity contribution in [2.45, 2.75) is 18.4 Å². The van der Waals surface area contributed by atoms with Crippen molar-refractivity contribution < 1.29 is 12.8 Å². The van der Waals surface area contributed by atoms with E-state index in [0.717, 1.165) is 9.82 Å². The quantitative estimate of drug-likeness (QED) is 0.637. The van der Waals surface area contributed by atoms with Gasteiger partial charge in [-0.2, -0.15) is 0 Å². The Bertz CT molecular complexity index is 1140. The highest BCUT2D eigenvalue weighted by Gasteiger charge is 2.20. The van der Waals surface area contributed by atoms with E-state index >= 15 is 0 Å². The average molecular weight is 408 g/mol. The summed E-state index contributed by atoms with van der Waals surface area (Å²) < 4.78 is 41.6. The first-order valence-corrected chi connectivity index (χ1v) is 10.1. The van der Waals surface area contributed by atoms with Crippen molar-refractivity contribution in [3.8, 4) is 0 Å². The minimum Gasteiger partial charge on any atom is -0.324 e. The molecule has 3 rings (SSSR count). The molecule has 142 valence electrons. The molecule has 3 aromatic rings. The summed E-state index contributed by atoms with van der Waals surface area (Å²) in [6, 6.07) is 11.1. The van der Waals surface area contributed by atoms with E-state index in [4.69, 9.17) is 11.6 Å². The van der Waals surface area contributed by atoms with Crippen LogP contribution in [0, 0.1) is 5.82 Å². The maximum atomic E-state index is 13.9. The molecule has 0 aliphatic heterocycles. The van der Waals surface area contributed by atoms with Gasteiger partial charge < -0.3 is 4.57 Å². The summed E-state index contributed by atoms with van der Waals surface area (Å²) in [5, 5.41) is 0.273. The topological polar surface area (TPSA) is 55.2 Å². The van der Waals surface area contributed by atoms with E-state index in [1.165, 1.54) is 32.3 Å². The van der Waals surface area contributed by atoms with Crippen LogP contribution in [0.3, 0.4) is 0 Å².